The van der Waals surface area contributed by atoms with Crippen LogP contribution in [-0.2, 0) is 22.7 Å². The predicted octanol–water partition coefficient (Wildman–Crippen LogP) is 7.45. The number of aryl methyl sites for hydroxylation is 1. The van der Waals surface area contributed by atoms with Crippen molar-refractivity contribution in [2.45, 2.75) is 77.2 Å². The van der Waals surface area contributed by atoms with E-state index in [0.717, 1.165) is 62.9 Å². The van der Waals surface area contributed by atoms with Crippen LogP contribution in [0, 0.1) is 30.1 Å². The molecule has 11 heteroatoms. The van der Waals surface area contributed by atoms with Crippen LogP contribution in [0.4, 0.5) is 0 Å². The second kappa shape index (κ2) is 19.1. The summed E-state index contributed by atoms with van der Waals surface area (Å²) in [5.41, 5.74) is 4.64. The molecule has 2 fully saturated rings. The number of benzene rings is 2. The molecule has 3 atom stereocenters. The number of pyridine rings is 1. The summed E-state index contributed by atoms with van der Waals surface area (Å²) in [4.78, 5) is 20.8. The number of halogens is 1. The van der Waals surface area contributed by atoms with Crippen molar-refractivity contribution >= 4 is 23.1 Å². The van der Waals surface area contributed by atoms with Crippen molar-refractivity contribution in [1.29, 1.82) is 5.26 Å². The monoisotopic (exact) mass is 768 g/mol. The van der Waals surface area contributed by atoms with E-state index >= 15 is 0 Å². The number of nitrogens with zero attached hydrogens (tertiary/aromatic N) is 4. The van der Waals surface area contributed by atoms with Crippen molar-refractivity contribution in [3.05, 3.63) is 106 Å². The summed E-state index contributed by atoms with van der Waals surface area (Å²) in [7, 11) is 0. The van der Waals surface area contributed by atoms with Gasteiger partial charge in [0.25, 0.3) is 0 Å². The van der Waals surface area contributed by atoms with Crippen LogP contribution in [0.1, 0.15) is 73.3 Å². The molecule has 3 aliphatic rings. The highest BCUT2D eigenvalue weighted by Crippen LogP contribution is 2.42. The molecule has 0 saturated carbocycles. The van der Waals surface area contributed by atoms with Crippen LogP contribution in [0.3, 0.4) is 0 Å². The van der Waals surface area contributed by atoms with Gasteiger partial charge in [-0.3, -0.25) is 14.7 Å². The Balaban J connectivity index is 1.25. The van der Waals surface area contributed by atoms with Gasteiger partial charge in [0.1, 0.15) is 42.4 Å². The van der Waals surface area contributed by atoms with E-state index in [1.54, 1.807) is 18.3 Å². The molecule has 55 heavy (non-hydrogen) atoms. The lowest BCUT2D eigenvalue weighted by Gasteiger charge is -2.40. The Bertz CT molecular complexity index is 1890. The highest BCUT2D eigenvalue weighted by molar-refractivity contribution is 6.32. The van der Waals surface area contributed by atoms with Crippen LogP contribution in [0.2, 0.25) is 5.02 Å². The number of carboxylic acids is 1. The molecule has 2 N–H and O–H groups in total. The molecular weight excluding hydrogens is 716 g/mol. The van der Waals surface area contributed by atoms with Gasteiger partial charge in [0.2, 0.25) is 0 Å². The lowest BCUT2D eigenvalue weighted by atomic mass is 9.76. The molecule has 0 bridgehead atoms. The molecule has 2 unspecified atom stereocenters. The van der Waals surface area contributed by atoms with Crippen LogP contribution in [0.15, 0.2) is 73.1 Å². The molecule has 3 heterocycles. The highest BCUT2D eigenvalue weighted by atomic mass is 35.5. The first-order valence-corrected chi connectivity index (χ1v) is 19.9. The first-order valence-electron chi connectivity index (χ1n) is 19.5. The predicted molar refractivity (Wildman–Crippen MR) is 213 cm³/mol. The number of ether oxygens (including phenoxy) is 3. The van der Waals surface area contributed by atoms with Crippen molar-refractivity contribution in [3.8, 4) is 17.6 Å². The second-order valence-corrected chi connectivity index (χ2v) is 15.5. The van der Waals surface area contributed by atoms with Crippen molar-refractivity contribution in [2.24, 2.45) is 11.8 Å². The molecule has 3 aromatic rings. The topological polar surface area (TPSA) is 128 Å². The standard InChI is InChI=1S/C44H53ClN4O6/c1-31-9-3-4-10-37(31)38-11-7-15-44(32(38)2,55-20-8-16-48-18-13-33(28-50)14-19-48)30-54-42-23-41(53-29-35-21-34(24-46)25-47-26-35)36(22-39(42)45)27-49-17-6-5-12-40(49)43(51)52/h3-4,7,9-11,15,21-23,25-26,32-33,40,50H,5-6,8,12-14,16-20,27-30H2,1-2H3,(H,51,52)/t32?,40-,44?/m0/s1. The number of piperidine rings is 2. The average molecular weight is 769 g/mol. The highest BCUT2D eigenvalue weighted by Gasteiger charge is 2.40. The maximum atomic E-state index is 12.2. The van der Waals surface area contributed by atoms with E-state index in [1.807, 2.05) is 17.0 Å². The van der Waals surface area contributed by atoms with Crippen LogP contribution in [-0.4, -0.2) is 88.6 Å². The number of carboxylic acid groups (broad SMARTS) is 1. The third kappa shape index (κ3) is 10.1. The molecule has 292 valence electrons. The Hall–Kier alpha value is -4.24. The third-order valence-electron chi connectivity index (χ3n) is 11.4. The van der Waals surface area contributed by atoms with Gasteiger partial charge in [0, 0.05) is 61.8 Å². The summed E-state index contributed by atoms with van der Waals surface area (Å²) < 4.78 is 20.0. The zero-order valence-electron chi connectivity index (χ0n) is 32.0. The maximum Gasteiger partial charge on any atom is 0.320 e. The molecule has 0 radical (unpaired) electrons. The fourth-order valence-corrected chi connectivity index (χ4v) is 8.26. The minimum atomic E-state index is -0.835. The van der Waals surface area contributed by atoms with Crippen LogP contribution >= 0.6 is 11.6 Å². The summed E-state index contributed by atoms with van der Waals surface area (Å²) in [6, 6.07) is 15.3. The fraction of sp³-hybridized carbons (Fsp3) is 0.477. The van der Waals surface area contributed by atoms with Gasteiger partial charge in [-0.05, 0) is 99.5 Å². The zero-order valence-corrected chi connectivity index (χ0v) is 32.7. The number of aromatic nitrogens is 1. The SMILES string of the molecule is Cc1ccccc1C1=CC=CC(COc2cc(OCc3cncc(C#N)c3)c(CN3CCCC[C@H]3C(=O)O)cc2Cl)(OCCCN2CCC(CO)CC2)C1C. The van der Waals surface area contributed by atoms with Gasteiger partial charge in [-0.15, -0.1) is 0 Å². The van der Waals surface area contributed by atoms with Gasteiger partial charge < -0.3 is 29.3 Å². The van der Waals surface area contributed by atoms with Gasteiger partial charge in [-0.25, -0.2) is 0 Å². The number of rotatable bonds is 16. The fourth-order valence-electron chi connectivity index (χ4n) is 8.02. The Morgan fingerprint density at radius 1 is 1.07 bits per heavy atom. The summed E-state index contributed by atoms with van der Waals surface area (Å²) in [6.45, 7) is 9.35. The number of nitriles is 1. The number of carbonyl (C=O) groups is 1. The molecule has 10 nitrogen and oxygen atoms in total. The molecule has 2 aromatic carbocycles. The van der Waals surface area contributed by atoms with Gasteiger partial charge in [0.15, 0.2) is 0 Å². The lowest BCUT2D eigenvalue weighted by Crippen LogP contribution is -2.46. The Labute approximate surface area is 330 Å². The Morgan fingerprint density at radius 2 is 1.89 bits per heavy atom. The maximum absolute atomic E-state index is 12.2. The molecule has 0 amide bonds. The van der Waals surface area contributed by atoms with E-state index in [4.69, 9.17) is 25.8 Å². The van der Waals surface area contributed by atoms with E-state index < -0.39 is 17.6 Å². The third-order valence-corrected chi connectivity index (χ3v) is 11.7. The van der Waals surface area contributed by atoms with Gasteiger partial charge in [-0.1, -0.05) is 61.4 Å². The van der Waals surface area contributed by atoms with E-state index in [2.05, 4.69) is 66.2 Å². The summed E-state index contributed by atoms with van der Waals surface area (Å²) >= 11 is 7.00. The quantitative estimate of drug-likeness (QED) is 0.142. The summed E-state index contributed by atoms with van der Waals surface area (Å²) in [5.74, 6) is 0.458. The lowest BCUT2D eigenvalue weighted by molar-refractivity contribution is -0.144. The van der Waals surface area contributed by atoms with Crippen LogP contribution in [0.5, 0.6) is 11.5 Å². The molecule has 2 aliphatic heterocycles. The van der Waals surface area contributed by atoms with Crippen LogP contribution in [0.25, 0.3) is 5.57 Å². The molecule has 1 aromatic heterocycles. The van der Waals surface area contributed by atoms with Crippen molar-refractivity contribution in [1.82, 2.24) is 14.8 Å². The molecular formula is C44H53ClN4O6. The first kappa shape index (κ1) is 40.4. The molecule has 6 rings (SSSR count). The zero-order chi connectivity index (χ0) is 38.8. The van der Waals surface area contributed by atoms with Gasteiger partial charge >= 0.3 is 5.97 Å². The minimum absolute atomic E-state index is 0.0559. The normalized spacial score (nSPS) is 22.2. The largest absolute Gasteiger partial charge is 0.489 e. The number of allylic oxidation sites excluding steroid dienone is 2. The minimum Gasteiger partial charge on any atom is -0.489 e. The first-order chi connectivity index (χ1) is 26.7. The number of likely N-dealkylation sites (tertiary alicyclic amines) is 2. The number of hydrogen-bond donors (Lipinski definition) is 2. The van der Waals surface area contributed by atoms with Crippen LogP contribution < -0.4 is 9.47 Å². The average Bonchev–Trinajstić information content (AvgIpc) is 3.20. The summed E-state index contributed by atoms with van der Waals surface area (Å²) in [6.07, 6.45) is 14.8. The van der Waals surface area contributed by atoms with Gasteiger partial charge in [0.05, 0.1) is 10.6 Å². The second-order valence-electron chi connectivity index (χ2n) is 15.1. The van der Waals surface area contributed by atoms with E-state index in [9.17, 15) is 20.3 Å². The van der Waals surface area contributed by atoms with Crippen molar-refractivity contribution in [2.75, 3.05) is 46.0 Å². The Kier molecular flexibility index (Phi) is 14.0. The van der Waals surface area contributed by atoms with E-state index in [0.29, 0.717) is 54.1 Å². The smallest absolute Gasteiger partial charge is 0.320 e. The Morgan fingerprint density at radius 3 is 2.65 bits per heavy atom. The number of aliphatic hydroxyl groups excluding tert-OH is 1. The summed E-state index contributed by atoms with van der Waals surface area (Å²) in [5, 5.41) is 29.3. The van der Waals surface area contributed by atoms with Crippen molar-refractivity contribution in [3.63, 3.8) is 0 Å². The molecule has 0 spiro atoms. The van der Waals surface area contributed by atoms with Gasteiger partial charge in [-0.2, -0.15) is 5.26 Å². The number of aliphatic hydroxyl groups is 1. The molecule has 1 aliphatic carbocycles. The molecule has 2 saturated heterocycles. The number of hydrogen-bond acceptors (Lipinski definition) is 9. The number of aliphatic carboxylic acids is 1. The van der Waals surface area contributed by atoms with Crippen molar-refractivity contribution < 1.29 is 29.2 Å². The van der Waals surface area contributed by atoms with E-state index in [1.165, 1.54) is 22.9 Å². The van der Waals surface area contributed by atoms with E-state index in [-0.39, 0.29) is 25.7 Å².